The lowest BCUT2D eigenvalue weighted by molar-refractivity contribution is 0.0688. The lowest BCUT2D eigenvalue weighted by Crippen LogP contribution is -2.23. The Morgan fingerprint density at radius 3 is 3.14 bits per heavy atom. The zero-order valence-electron chi connectivity index (χ0n) is 11.0. The Labute approximate surface area is 120 Å². The Balaban J connectivity index is 1.67. The van der Waals surface area contributed by atoms with Crippen LogP contribution in [0.15, 0.2) is 36.7 Å². The minimum Gasteiger partial charge on any atom is -0.487 e. The summed E-state index contributed by atoms with van der Waals surface area (Å²) < 4.78 is 24.2. The van der Waals surface area contributed by atoms with Gasteiger partial charge in [0.05, 0.1) is 6.20 Å². The molecule has 2 heterocycles. The normalized spacial score (nSPS) is 16.1. The second kappa shape index (κ2) is 5.40. The summed E-state index contributed by atoms with van der Waals surface area (Å²) in [4.78, 5) is 14.9. The largest absolute Gasteiger partial charge is 0.487 e. The number of carboxylic acids is 1. The molecular formula is C15H12FNO4. The molecule has 0 amide bonds. The minimum absolute atomic E-state index is 0.0477. The van der Waals surface area contributed by atoms with Crippen molar-refractivity contribution in [1.82, 2.24) is 4.98 Å². The lowest BCUT2D eigenvalue weighted by Gasteiger charge is -2.13. The van der Waals surface area contributed by atoms with Gasteiger partial charge in [0.25, 0.3) is 0 Å². The number of halogens is 1. The number of rotatable bonds is 4. The van der Waals surface area contributed by atoms with Crippen LogP contribution in [0.4, 0.5) is 4.39 Å². The predicted molar refractivity (Wildman–Crippen MR) is 71.2 cm³/mol. The maximum atomic E-state index is 13.1. The summed E-state index contributed by atoms with van der Waals surface area (Å²) in [5.74, 6) is -0.560. The molecule has 1 N–H and O–H groups in total. The van der Waals surface area contributed by atoms with Gasteiger partial charge in [0.2, 0.25) is 0 Å². The van der Waals surface area contributed by atoms with E-state index in [0.717, 1.165) is 5.56 Å². The van der Waals surface area contributed by atoms with E-state index in [9.17, 15) is 9.18 Å². The number of carbonyl (C=O) groups is 1. The van der Waals surface area contributed by atoms with Crippen LogP contribution in [-0.2, 0) is 6.42 Å². The molecule has 0 fully saturated rings. The van der Waals surface area contributed by atoms with E-state index < -0.39 is 5.97 Å². The van der Waals surface area contributed by atoms with Crippen molar-refractivity contribution in [3.8, 4) is 11.5 Å². The molecule has 1 aromatic heterocycles. The third kappa shape index (κ3) is 2.79. The highest BCUT2D eigenvalue weighted by atomic mass is 19.1. The molecule has 1 atom stereocenters. The summed E-state index contributed by atoms with van der Waals surface area (Å²) in [5, 5.41) is 9.05. The number of hydrogen-bond acceptors (Lipinski definition) is 4. The van der Waals surface area contributed by atoms with Crippen molar-refractivity contribution < 1.29 is 23.8 Å². The average molecular weight is 289 g/mol. The van der Waals surface area contributed by atoms with Crippen molar-refractivity contribution in [3.63, 3.8) is 0 Å². The zero-order chi connectivity index (χ0) is 14.8. The predicted octanol–water partition coefficient (Wildman–Crippen LogP) is 2.30. The lowest BCUT2D eigenvalue weighted by atomic mass is 10.1. The number of hydrogen-bond donors (Lipinski definition) is 1. The van der Waals surface area contributed by atoms with Crippen LogP contribution in [0, 0.1) is 5.82 Å². The topological polar surface area (TPSA) is 68.7 Å². The van der Waals surface area contributed by atoms with Gasteiger partial charge in [-0.15, -0.1) is 0 Å². The monoisotopic (exact) mass is 289 g/mol. The highest BCUT2D eigenvalue weighted by Crippen LogP contribution is 2.29. The first-order valence-electron chi connectivity index (χ1n) is 6.38. The quantitative estimate of drug-likeness (QED) is 0.935. The van der Waals surface area contributed by atoms with E-state index in [4.69, 9.17) is 14.6 Å². The fraction of sp³-hybridized carbons (Fsp3) is 0.200. The van der Waals surface area contributed by atoms with Crippen molar-refractivity contribution >= 4 is 5.97 Å². The maximum Gasteiger partial charge on any atom is 0.339 e. The molecule has 0 saturated heterocycles. The second-order valence-corrected chi connectivity index (χ2v) is 4.68. The van der Waals surface area contributed by atoms with Crippen LogP contribution >= 0.6 is 0 Å². The van der Waals surface area contributed by atoms with Crippen molar-refractivity contribution in [2.24, 2.45) is 0 Å². The summed E-state index contributed by atoms with van der Waals surface area (Å²) >= 11 is 0. The van der Waals surface area contributed by atoms with Crippen LogP contribution in [0.5, 0.6) is 11.5 Å². The first kappa shape index (κ1) is 13.4. The van der Waals surface area contributed by atoms with Gasteiger partial charge in [-0.1, -0.05) is 0 Å². The molecule has 1 aliphatic rings. The number of pyridine rings is 1. The van der Waals surface area contributed by atoms with Crippen LogP contribution in [-0.4, -0.2) is 28.8 Å². The van der Waals surface area contributed by atoms with Crippen LogP contribution in [0.2, 0.25) is 0 Å². The highest BCUT2D eigenvalue weighted by molar-refractivity contribution is 5.90. The molecule has 0 aliphatic carbocycles. The van der Waals surface area contributed by atoms with Crippen LogP contribution in [0.1, 0.15) is 15.9 Å². The fourth-order valence-electron chi connectivity index (χ4n) is 2.24. The highest BCUT2D eigenvalue weighted by Gasteiger charge is 2.24. The van der Waals surface area contributed by atoms with Crippen molar-refractivity contribution in [2.75, 3.05) is 6.61 Å². The molecule has 2 aromatic rings. The van der Waals surface area contributed by atoms with Crippen LogP contribution < -0.4 is 9.47 Å². The first-order valence-corrected chi connectivity index (χ1v) is 6.38. The maximum absolute atomic E-state index is 13.1. The van der Waals surface area contributed by atoms with Crippen LogP contribution in [0.25, 0.3) is 0 Å². The van der Waals surface area contributed by atoms with E-state index in [1.807, 2.05) is 0 Å². The number of aromatic carboxylic acids is 1. The molecule has 1 unspecified atom stereocenters. The fourth-order valence-corrected chi connectivity index (χ4v) is 2.24. The number of fused-ring (bicyclic) bond motifs is 1. The summed E-state index contributed by atoms with van der Waals surface area (Å²) in [5.41, 5.74) is 0.833. The molecule has 21 heavy (non-hydrogen) atoms. The third-order valence-electron chi connectivity index (χ3n) is 3.20. The third-order valence-corrected chi connectivity index (χ3v) is 3.20. The number of ether oxygens (including phenoxy) is 2. The van der Waals surface area contributed by atoms with E-state index in [1.54, 1.807) is 6.07 Å². The number of aromatic nitrogens is 1. The van der Waals surface area contributed by atoms with Crippen molar-refractivity contribution in [3.05, 3.63) is 53.6 Å². The van der Waals surface area contributed by atoms with Gasteiger partial charge in [0.1, 0.15) is 29.8 Å². The molecule has 108 valence electrons. The Kier molecular flexibility index (Phi) is 3.43. The van der Waals surface area contributed by atoms with Gasteiger partial charge in [0, 0.05) is 18.2 Å². The Morgan fingerprint density at radius 1 is 1.48 bits per heavy atom. The molecule has 0 saturated carbocycles. The van der Waals surface area contributed by atoms with Gasteiger partial charge in [0.15, 0.2) is 5.75 Å². The molecule has 3 rings (SSSR count). The molecule has 5 nitrogen and oxygen atoms in total. The van der Waals surface area contributed by atoms with E-state index >= 15 is 0 Å². The Bertz CT molecular complexity index is 689. The average Bonchev–Trinajstić information content (AvgIpc) is 2.87. The molecule has 1 aromatic carbocycles. The van der Waals surface area contributed by atoms with Gasteiger partial charge in [-0.25, -0.2) is 9.18 Å². The molecule has 0 spiro atoms. The van der Waals surface area contributed by atoms with Gasteiger partial charge >= 0.3 is 5.97 Å². The van der Waals surface area contributed by atoms with Gasteiger partial charge in [-0.3, -0.25) is 4.98 Å². The number of benzene rings is 1. The number of carboxylic acid groups (broad SMARTS) is 1. The Hall–Kier alpha value is -2.63. The first-order chi connectivity index (χ1) is 10.1. The smallest absolute Gasteiger partial charge is 0.339 e. The zero-order valence-corrected chi connectivity index (χ0v) is 11.0. The van der Waals surface area contributed by atoms with Crippen molar-refractivity contribution in [2.45, 2.75) is 12.5 Å². The summed E-state index contributed by atoms with van der Waals surface area (Å²) in [6, 6.07) is 5.72. The number of nitrogens with zero attached hydrogens (tertiary/aromatic N) is 1. The summed E-state index contributed by atoms with van der Waals surface area (Å²) in [6.07, 6.45) is 2.99. The van der Waals surface area contributed by atoms with Gasteiger partial charge in [-0.05, 0) is 24.3 Å². The van der Waals surface area contributed by atoms with E-state index in [2.05, 4.69) is 4.98 Å². The molecule has 0 bridgehead atoms. The summed E-state index contributed by atoms with van der Waals surface area (Å²) in [6.45, 7) is 0.169. The Morgan fingerprint density at radius 2 is 2.33 bits per heavy atom. The summed E-state index contributed by atoms with van der Waals surface area (Å²) in [7, 11) is 0. The minimum atomic E-state index is -1.08. The second-order valence-electron chi connectivity index (χ2n) is 4.68. The standard InChI is InChI=1S/C15H12FNO4/c16-10-1-2-13-9(5-10)6-11(21-13)8-20-14-7-17-4-3-12(14)15(18)19/h1-5,7,11H,6,8H2,(H,18,19). The van der Waals surface area contributed by atoms with Crippen LogP contribution in [0.3, 0.4) is 0 Å². The van der Waals surface area contributed by atoms with Gasteiger partial charge in [-0.2, -0.15) is 0 Å². The molecule has 0 radical (unpaired) electrons. The van der Waals surface area contributed by atoms with E-state index in [-0.39, 0.29) is 29.8 Å². The van der Waals surface area contributed by atoms with E-state index in [1.165, 1.54) is 30.6 Å². The van der Waals surface area contributed by atoms with Crippen molar-refractivity contribution in [1.29, 1.82) is 0 Å². The molecule has 1 aliphatic heterocycles. The molecule has 6 heteroatoms. The van der Waals surface area contributed by atoms with E-state index in [0.29, 0.717) is 12.2 Å². The van der Waals surface area contributed by atoms with Gasteiger partial charge < -0.3 is 14.6 Å². The molecular weight excluding hydrogens is 277 g/mol. The SMILES string of the molecule is O=C(O)c1ccncc1OCC1Cc2cc(F)ccc2O1.